The van der Waals surface area contributed by atoms with Gasteiger partial charge in [0.1, 0.15) is 0 Å². The molecule has 0 atom stereocenters. The Hall–Kier alpha value is -2.20. The van der Waals surface area contributed by atoms with E-state index < -0.39 is 0 Å². The van der Waals surface area contributed by atoms with Gasteiger partial charge in [0.25, 0.3) is 0 Å². The van der Waals surface area contributed by atoms with E-state index in [9.17, 15) is 0 Å². The van der Waals surface area contributed by atoms with Crippen LogP contribution in [0.3, 0.4) is 0 Å². The first kappa shape index (κ1) is 9.88. The summed E-state index contributed by atoms with van der Waals surface area (Å²) < 4.78 is 0. The van der Waals surface area contributed by atoms with Gasteiger partial charge in [-0.3, -0.25) is 0 Å². The third-order valence-corrected chi connectivity index (χ3v) is 1.73. The molecule has 0 aliphatic rings. The van der Waals surface area contributed by atoms with Crippen LogP contribution in [0.15, 0.2) is 24.3 Å². The third-order valence-electron chi connectivity index (χ3n) is 1.73. The molecule has 0 unspecified atom stereocenters. The number of hydrogen-bond acceptors (Lipinski definition) is 4. The van der Waals surface area contributed by atoms with Crippen LogP contribution >= 0.6 is 0 Å². The normalized spacial score (nSPS) is 8.43. The molecule has 4 heteroatoms. The highest BCUT2D eigenvalue weighted by Gasteiger charge is 1.94. The molecule has 0 spiro atoms. The number of benzene rings is 1. The van der Waals surface area contributed by atoms with Crippen molar-refractivity contribution in [2.24, 2.45) is 0 Å². The molecule has 2 N–H and O–H groups in total. The van der Waals surface area contributed by atoms with Gasteiger partial charge in [0, 0.05) is 13.1 Å². The lowest BCUT2D eigenvalue weighted by Gasteiger charge is -2.02. The molecule has 0 heterocycles. The Balaban J connectivity index is 2.61. The van der Waals surface area contributed by atoms with Gasteiger partial charge in [-0.15, -0.1) is 0 Å². The lowest BCUT2D eigenvalue weighted by Crippen LogP contribution is -2.07. The molecule has 0 saturated heterocycles. The second-order valence-electron chi connectivity index (χ2n) is 2.75. The molecular weight excluding hydrogens is 176 g/mol. The Bertz CT molecular complexity index is 339. The van der Waals surface area contributed by atoms with Crippen LogP contribution in [-0.2, 0) is 13.1 Å². The van der Waals surface area contributed by atoms with Gasteiger partial charge in [0.05, 0.1) is 0 Å². The molecule has 0 aromatic heterocycles. The van der Waals surface area contributed by atoms with Crippen LogP contribution in [0, 0.1) is 22.9 Å². The summed E-state index contributed by atoms with van der Waals surface area (Å²) in [7, 11) is 0. The summed E-state index contributed by atoms with van der Waals surface area (Å²) in [6, 6.07) is 7.72. The zero-order chi connectivity index (χ0) is 10.2. The van der Waals surface area contributed by atoms with E-state index in [1.807, 2.05) is 36.7 Å². The molecule has 4 nitrogen and oxygen atoms in total. The summed E-state index contributed by atoms with van der Waals surface area (Å²) in [5, 5.41) is 21.8. The van der Waals surface area contributed by atoms with E-state index >= 15 is 0 Å². The number of rotatable bonds is 4. The van der Waals surface area contributed by atoms with Gasteiger partial charge in [-0.05, 0) is 11.1 Å². The highest BCUT2D eigenvalue weighted by atomic mass is 14.8. The first-order valence-corrected chi connectivity index (χ1v) is 4.18. The number of nitrogens with zero attached hydrogens (tertiary/aromatic N) is 2. The summed E-state index contributed by atoms with van der Waals surface area (Å²) in [6.07, 6.45) is 3.72. The fourth-order valence-corrected chi connectivity index (χ4v) is 1.13. The Morgan fingerprint density at radius 1 is 1.00 bits per heavy atom. The smallest absolute Gasteiger partial charge is 0.176 e. The minimum Gasteiger partial charge on any atom is -0.319 e. The minimum absolute atomic E-state index is 0.525. The van der Waals surface area contributed by atoms with E-state index in [2.05, 4.69) is 10.6 Å². The van der Waals surface area contributed by atoms with Gasteiger partial charge in [-0.2, -0.15) is 10.5 Å². The first-order chi connectivity index (χ1) is 6.86. The van der Waals surface area contributed by atoms with Crippen molar-refractivity contribution in [2.45, 2.75) is 13.1 Å². The molecule has 0 fully saturated rings. The zero-order valence-electron chi connectivity index (χ0n) is 7.62. The van der Waals surface area contributed by atoms with Crippen molar-refractivity contribution in [3.05, 3.63) is 35.4 Å². The average Bonchev–Trinajstić information content (AvgIpc) is 2.24. The fourth-order valence-electron chi connectivity index (χ4n) is 1.13. The van der Waals surface area contributed by atoms with E-state index in [1.165, 1.54) is 0 Å². The molecule has 0 radical (unpaired) electrons. The monoisotopic (exact) mass is 186 g/mol. The molecule has 0 aliphatic heterocycles. The van der Waals surface area contributed by atoms with E-state index in [0.29, 0.717) is 13.1 Å². The summed E-state index contributed by atoms with van der Waals surface area (Å²) in [5.41, 5.74) is 2.06. The third kappa shape index (κ3) is 3.04. The molecule has 70 valence electrons. The van der Waals surface area contributed by atoms with Gasteiger partial charge in [0.2, 0.25) is 0 Å². The number of nitriles is 2. The highest BCUT2D eigenvalue weighted by molar-refractivity contribution is 5.23. The Morgan fingerprint density at radius 2 is 1.50 bits per heavy atom. The summed E-state index contributed by atoms with van der Waals surface area (Å²) in [6.45, 7) is 1.05. The van der Waals surface area contributed by atoms with Crippen LogP contribution in [0.4, 0.5) is 0 Å². The van der Waals surface area contributed by atoms with Gasteiger partial charge >= 0.3 is 0 Å². The maximum Gasteiger partial charge on any atom is 0.176 e. The van der Waals surface area contributed by atoms with Crippen molar-refractivity contribution in [2.75, 3.05) is 0 Å². The molecule has 0 aliphatic carbocycles. The Labute approximate surface area is 82.8 Å². The van der Waals surface area contributed by atoms with E-state index in [4.69, 9.17) is 10.5 Å². The standard InChI is InChI=1S/C10H10N4/c11-7-13-5-9-2-1-3-10(4-9)6-14-8-12/h1-4,13-14H,5-6H2. The zero-order valence-corrected chi connectivity index (χ0v) is 7.62. The van der Waals surface area contributed by atoms with Crippen molar-refractivity contribution < 1.29 is 0 Å². The molecule has 1 aromatic carbocycles. The molecule has 1 aromatic rings. The van der Waals surface area contributed by atoms with Crippen LogP contribution in [0.5, 0.6) is 0 Å². The molecular formula is C10H10N4. The quantitative estimate of drug-likeness (QED) is 0.539. The average molecular weight is 186 g/mol. The lowest BCUT2D eigenvalue weighted by molar-refractivity contribution is 0.859. The van der Waals surface area contributed by atoms with Crippen molar-refractivity contribution >= 4 is 0 Å². The van der Waals surface area contributed by atoms with Crippen molar-refractivity contribution in [3.63, 3.8) is 0 Å². The van der Waals surface area contributed by atoms with Gasteiger partial charge in [0.15, 0.2) is 12.4 Å². The summed E-state index contributed by atoms with van der Waals surface area (Å²) >= 11 is 0. The number of nitrogens with one attached hydrogen (secondary N) is 2. The first-order valence-electron chi connectivity index (χ1n) is 4.18. The maximum atomic E-state index is 8.32. The van der Waals surface area contributed by atoms with Gasteiger partial charge in [-0.1, -0.05) is 24.3 Å². The van der Waals surface area contributed by atoms with Crippen LogP contribution in [0.1, 0.15) is 11.1 Å². The van der Waals surface area contributed by atoms with Crippen LogP contribution in [0.2, 0.25) is 0 Å². The molecule has 1 rings (SSSR count). The van der Waals surface area contributed by atoms with Crippen molar-refractivity contribution in [1.82, 2.24) is 10.6 Å². The Kier molecular flexibility index (Phi) is 3.85. The van der Waals surface area contributed by atoms with E-state index in [-0.39, 0.29) is 0 Å². The second kappa shape index (κ2) is 5.45. The van der Waals surface area contributed by atoms with Gasteiger partial charge < -0.3 is 10.6 Å². The SMILES string of the molecule is N#CNCc1cccc(CNC#N)c1. The topological polar surface area (TPSA) is 71.6 Å². The van der Waals surface area contributed by atoms with E-state index in [0.717, 1.165) is 11.1 Å². The Morgan fingerprint density at radius 3 is 1.93 bits per heavy atom. The molecule has 0 saturated carbocycles. The van der Waals surface area contributed by atoms with Crippen LogP contribution in [-0.4, -0.2) is 0 Å². The highest BCUT2D eigenvalue weighted by Crippen LogP contribution is 2.04. The summed E-state index contributed by atoms with van der Waals surface area (Å²) in [5.74, 6) is 0. The largest absolute Gasteiger partial charge is 0.319 e. The van der Waals surface area contributed by atoms with Gasteiger partial charge in [-0.25, -0.2) is 0 Å². The molecule has 0 bridgehead atoms. The maximum absolute atomic E-state index is 8.32. The predicted octanol–water partition coefficient (Wildman–Crippen LogP) is 0.828. The molecule has 14 heavy (non-hydrogen) atoms. The fraction of sp³-hybridized carbons (Fsp3) is 0.200. The summed E-state index contributed by atoms with van der Waals surface area (Å²) in [4.78, 5) is 0. The van der Waals surface area contributed by atoms with Crippen LogP contribution < -0.4 is 10.6 Å². The predicted molar refractivity (Wildman–Crippen MR) is 51.3 cm³/mol. The van der Waals surface area contributed by atoms with Crippen LogP contribution in [0.25, 0.3) is 0 Å². The lowest BCUT2D eigenvalue weighted by atomic mass is 10.1. The van der Waals surface area contributed by atoms with Crippen molar-refractivity contribution in [1.29, 1.82) is 10.5 Å². The van der Waals surface area contributed by atoms with Crippen molar-refractivity contribution in [3.8, 4) is 12.4 Å². The second-order valence-corrected chi connectivity index (χ2v) is 2.75. The molecule has 0 amide bonds. The minimum atomic E-state index is 0.525. The van der Waals surface area contributed by atoms with E-state index in [1.54, 1.807) is 0 Å². The number of hydrogen-bond donors (Lipinski definition) is 2.